The molecule has 4 rings (SSSR count). The van der Waals surface area contributed by atoms with Crippen LogP contribution in [0.5, 0.6) is 0 Å². The number of nitrogens with one attached hydrogen (secondary N) is 1. The molecule has 32 heavy (non-hydrogen) atoms. The number of fused-ring (bicyclic) bond motifs is 2. The number of Topliss-reactive ketones (excluding diaryl/α,β-unsaturated/α-hetero) is 1. The molecule has 164 valence electrons. The van der Waals surface area contributed by atoms with Crippen LogP contribution in [0, 0.1) is 12.8 Å². The molecule has 0 radical (unpaired) electrons. The first-order valence-electron chi connectivity index (χ1n) is 10.3. The molecule has 3 N–H and O–H groups in total. The molecule has 1 unspecified atom stereocenters. The number of rotatable bonds is 6. The molecule has 1 aliphatic heterocycles. The minimum absolute atomic E-state index is 0.219. The molecule has 1 aromatic carbocycles. The van der Waals surface area contributed by atoms with E-state index < -0.39 is 5.92 Å². The molecule has 0 fully saturated rings. The first-order valence-corrected chi connectivity index (χ1v) is 10.3. The summed E-state index contributed by atoms with van der Waals surface area (Å²) in [7, 11) is 1.70. The highest BCUT2D eigenvalue weighted by Crippen LogP contribution is 2.27. The van der Waals surface area contributed by atoms with Gasteiger partial charge < -0.3 is 20.4 Å². The third kappa shape index (κ3) is 4.04. The van der Waals surface area contributed by atoms with Crippen molar-refractivity contribution in [1.82, 2.24) is 9.88 Å². The molecule has 0 saturated carbocycles. The number of hydrogen-bond acceptors (Lipinski definition) is 6. The average molecular weight is 432 g/mol. The van der Waals surface area contributed by atoms with Gasteiger partial charge in [-0.05, 0) is 43.7 Å². The summed E-state index contributed by atoms with van der Waals surface area (Å²) in [6.45, 7) is 2.54. The van der Waals surface area contributed by atoms with Crippen LogP contribution in [0.3, 0.4) is 0 Å². The molecule has 2 amide bonds. The van der Waals surface area contributed by atoms with E-state index in [1.807, 2.05) is 31.2 Å². The Bertz CT molecular complexity index is 1240. The Balaban J connectivity index is 1.48. The van der Waals surface area contributed by atoms with E-state index in [0.717, 1.165) is 22.3 Å². The van der Waals surface area contributed by atoms with Crippen LogP contribution in [0.15, 0.2) is 47.0 Å². The monoisotopic (exact) mass is 432 g/mol. The molecular weight excluding hydrogens is 408 g/mol. The quantitative estimate of drug-likeness (QED) is 0.457. The van der Waals surface area contributed by atoms with Crippen LogP contribution in [0.1, 0.15) is 33.7 Å². The normalized spacial score (nSPS) is 15.8. The first-order chi connectivity index (χ1) is 15.4. The number of amides is 2. The maximum atomic E-state index is 12.7. The van der Waals surface area contributed by atoms with Crippen LogP contribution in [-0.2, 0) is 16.1 Å². The van der Waals surface area contributed by atoms with Crippen molar-refractivity contribution >= 4 is 40.5 Å². The van der Waals surface area contributed by atoms with E-state index in [1.54, 1.807) is 24.1 Å². The Kier molecular flexibility index (Phi) is 5.87. The number of aromatic nitrogens is 1. The van der Waals surface area contributed by atoms with Crippen LogP contribution >= 0.6 is 0 Å². The van der Waals surface area contributed by atoms with Crippen molar-refractivity contribution < 1.29 is 18.8 Å². The number of carbonyl (C=O) groups is 3. The molecule has 0 saturated heterocycles. The number of hydrogen-bond donors (Lipinski definition) is 2. The fraction of sp³-hybridized carbons (Fsp3) is 0.250. The zero-order valence-electron chi connectivity index (χ0n) is 17.9. The van der Waals surface area contributed by atoms with Gasteiger partial charge in [0, 0.05) is 30.3 Å². The molecule has 0 bridgehead atoms. The third-order valence-corrected chi connectivity index (χ3v) is 5.62. The second-order valence-electron chi connectivity index (χ2n) is 7.82. The minimum Gasteiger partial charge on any atom is -0.459 e. The number of anilines is 1. The Morgan fingerprint density at radius 3 is 2.84 bits per heavy atom. The number of ketones is 1. The van der Waals surface area contributed by atoms with E-state index in [4.69, 9.17) is 10.2 Å². The van der Waals surface area contributed by atoms with Gasteiger partial charge in [0.25, 0.3) is 0 Å². The minimum atomic E-state index is -0.812. The molecule has 0 aliphatic carbocycles. The van der Waals surface area contributed by atoms with Crippen LogP contribution < -0.4 is 11.1 Å². The van der Waals surface area contributed by atoms with Gasteiger partial charge in [-0.2, -0.15) is 0 Å². The molecule has 2 aromatic heterocycles. The molecular formula is C24H24N4O4. The molecule has 3 heterocycles. The van der Waals surface area contributed by atoms with Crippen molar-refractivity contribution in [2.24, 2.45) is 11.7 Å². The Morgan fingerprint density at radius 2 is 2.09 bits per heavy atom. The SMILES string of the molecule is Cc1c(CN(C)C(=O)/C=C/c2cnc3c(c2)C(=O)C(CCN)C(=O)N3)oc2ccccc12. The largest absolute Gasteiger partial charge is 0.459 e. The lowest BCUT2D eigenvalue weighted by molar-refractivity contribution is -0.125. The lowest BCUT2D eigenvalue weighted by Crippen LogP contribution is -2.37. The van der Waals surface area contributed by atoms with Gasteiger partial charge in [-0.1, -0.05) is 18.2 Å². The number of benzene rings is 1. The smallest absolute Gasteiger partial charge is 0.246 e. The van der Waals surface area contributed by atoms with Gasteiger partial charge in [-0.15, -0.1) is 0 Å². The Morgan fingerprint density at radius 1 is 1.31 bits per heavy atom. The molecule has 1 atom stereocenters. The number of nitrogens with two attached hydrogens (primary N) is 1. The van der Waals surface area contributed by atoms with Gasteiger partial charge in [-0.25, -0.2) is 4.98 Å². The van der Waals surface area contributed by atoms with E-state index in [2.05, 4.69) is 10.3 Å². The van der Waals surface area contributed by atoms with Crippen LogP contribution in [0.25, 0.3) is 17.0 Å². The molecule has 8 heteroatoms. The molecule has 1 aliphatic rings. The second-order valence-corrected chi connectivity index (χ2v) is 7.82. The number of aryl methyl sites for hydroxylation is 1. The summed E-state index contributed by atoms with van der Waals surface area (Å²) in [6, 6.07) is 9.38. The number of nitrogens with zero attached hydrogens (tertiary/aromatic N) is 2. The van der Waals surface area contributed by atoms with E-state index in [0.29, 0.717) is 17.7 Å². The van der Waals surface area contributed by atoms with Gasteiger partial charge in [0.2, 0.25) is 11.8 Å². The summed E-state index contributed by atoms with van der Waals surface area (Å²) in [5, 5.41) is 3.67. The lowest BCUT2D eigenvalue weighted by atomic mass is 9.90. The van der Waals surface area contributed by atoms with Crippen molar-refractivity contribution in [2.45, 2.75) is 19.9 Å². The van der Waals surface area contributed by atoms with Gasteiger partial charge in [-0.3, -0.25) is 14.4 Å². The fourth-order valence-corrected chi connectivity index (χ4v) is 3.76. The number of para-hydroxylation sites is 1. The van der Waals surface area contributed by atoms with Crippen molar-refractivity contribution in [3.8, 4) is 0 Å². The highest BCUT2D eigenvalue weighted by Gasteiger charge is 2.34. The third-order valence-electron chi connectivity index (χ3n) is 5.62. The average Bonchev–Trinajstić information content (AvgIpc) is 3.10. The molecule has 3 aromatic rings. The topological polar surface area (TPSA) is 119 Å². The first kappa shape index (κ1) is 21.5. The predicted molar refractivity (Wildman–Crippen MR) is 121 cm³/mol. The van der Waals surface area contributed by atoms with Crippen molar-refractivity contribution in [1.29, 1.82) is 0 Å². The predicted octanol–water partition coefficient (Wildman–Crippen LogP) is 2.91. The second kappa shape index (κ2) is 8.76. The summed E-state index contributed by atoms with van der Waals surface area (Å²) in [4.78, 5) is 43.1. The van der Waals surface area contributed by atoms with Gasteiger partial charge in [0.05, 0.1) is 12.1 Å². The standard InChI is InChI=1S/C24H24N4O4/c1-14-16-5-3-4-6-19(16)32-20(14)13-28(2)21(29)8-7-15-11-18-22(30)17(9-10-25)24(31)27-23(18)26-12-15/h3-8,11-12,17H,9-10,13,25H2,1-2H3,(H,26,27,31)/b8-7+. The number of carbonyl (C=O) groups excluding carboxylic acids is 3. The van der Waals surface area contributed by atoms with Gasteiger partial charge >= 0.3 is 0 Å². The summed E-state index contributed by atoms with van der Waals surface area (Å²) in [5.74, 6) is -0.758. The summed E-state index contributed by atoms with van der Waals surface area (Å²) in [6.07, 6.45) is 4.79. The van der Waals surface area contributed by atoms with Crippen molar-refractivity contribution in [3.05, 3.63) is 65.1 Å². The maximum Gasteiger partial charge on any atom is 0.246 e. The van der Waals surface area contributed by atoms with E-state index >= 15 is 0 Å². The highest BCUT2D eigenvalue weighted by atomic mass is 16.3. The van der Waals surface area contributed by atoms with Crippen molar-refractivity contribution in [2.75, 3.05) is 18.9 Å². The number of furan rings is 1. The van der Waals surface area contributed by atoms with Gasteiger partial charge in [0.15, 0.2) is 5.78 Å². The zero-order valence-corrected chi connectivity index (χ0v) is 17.9. The number of likely N-dealkylation sites (N-methyl/N-ethyl adjacent to an activating group) is 1. The zero-order chi connectivity index (χ0) is 22.8. The van der Waals surface area contributed by atoms with E-state index in [9.17, 15) is 14.4 Å². The van der Waals surface area contributed by atoms with Crippen LogP contribution in [0.4, 0.5) is 5.82 Å². The van der Waals surface area contributed by atoms with Crippen LogP contribution in [-0.4, -0.2) is 41.1 Å². The fourth-order valence-electron chi connectivity index (χ4n) is 3.76. The number of pyridine rings is 1. The Labute approximate surface area is 185 Å². The van der Waals surface area contributed by atoms with E-state index in [-0.39, 0.29) is 36.4 Å². The summed E-state index contributed by atoms with van der Waals surface area (Å²) < 4.78 is 5.89. The Hall–Kier alpha value is -3.78. The lowest BCUT2D eigenvalue weighted by Gasteiger charge is -2.22. The summed E-state index contributed by atoms with van der Waals surface area (Å²) >= 11 is 0. The summed E-state index contributed by atoms with van der Waals surface area (Å²) in [5.41, 5.74) is 8.23. The van der Waals surface area contributed by atoms with Gasteiger partial charge in [0.1, 0.15) is 23.1 Å². The van der Waals surface area contributed by atoms with Crippen LogP contribution in [0.2, 0.25) is 0 Å². The maximum absolute atomic E-state index is 12.7. The molecule has 8 nitrogen and oxygen atoms in total. The molecule has 0 spiro atoms. The van der Waals surface area contributed by atoms with E-state index in [1.165, 1.54) is 12.3 Å². The highest BCUT2D eigenvalue weighted by molar-refractivity contribution is 6.20. The van der Waals surface area contributed by atoms with Crippen molar-refractivity contribution in [3.63, 3.8) is 0 Å².